The molecule has 188 valence electrons. The van der Waals surface area contributed by atoms with Crippen LogP contribution in [-0.2, 0) is 16.2 Å². The Morgan fingerprint density at radius 2 is 1.61 bits per heavy atom. The van der Waals surface area contributed by atoms with E-state index in [4.69, 9.17) is 9.47 Å². The van der Waals surface area contributed by atoms with Gasteiger partial charge in [0.15, 0.2) is 6.61 Å². The molecule has 0 fully saturated rings. The van der Waals surface area contributed by atoms with Crippen LogP contribution in [0.1, 0.15) is 37.0 Å². The number of rotatable bonds is 12. The van der Waals surface area contributed by atoms with Crippen LogP contribution < -0.4 is 20.2 Å². The summed E-state index contributed by atoms with van der Waals surface area (Å²) in [4.78, 5) is 25.1. The van der Waals surface area contributed by atoms with E-state index in [1.54, 1.807) is 12.3 Å². The fraction of sp³-hybridized carbons (Fsp3) is 0.276. The van der Waals surface area contributed by atoms with Gasteiger partial charge in [-0.3, -0.25) is 9.59 Å². The van der Waals surface area contributed by atoms with Crippen molar-refractivity contribution in [2.45, 2.75) is 39.8 Å². The van der Waals surface area contributed by atoms with E-state index < -0.39 is 6.04 Å². The number of amides is 2. The third kappa shape index (κ3) is 8.91. The molecule has 3 rings (SSSR count). The molecular weight excluding hydrogens is 454 g/mol. The predicted octanol–water partition coefficient (Wildman–Crippen LogP) is 4.63. The Morgan fingerprint density at radius 3 is 2.31 bits per heavy atom. The zero-order chi connectivity index (χ0) is 25.8. The van der Waals surface area contributed by atoms with E-state index in [0.29, 0.717) is 18.8 Å². The Labute approximate surface area is 212 Å². The molecule has 7 nitrogen and oxygen atoms in total. The Balaban J connectivity index is 1.49. The molecule has 0 saturated heterocycles. The summed E-state index contributed by atoms with van der Waals surface area (Å²) in [5.74, 6) is 0.832. The van der Waals surface area contributed by atoms with Gasteiger partial charge in [-0.15, -0.1) is 0 Å². The van der Waals surface area contributed by atoms with E-state index in [2.05, 4.69) is 15.8 Å². The highest BCUT2D eigenvalue weighted by molar-refractivity contribution is 5.89. The quantitative estimate of drug-likeness (QED) is 0.288. The molecular formula is C29H33N3O4. The van der Waals surface area contributed by atoms with Crippen molar-refractivity contribution >= 4 is 18.0 Å². The zero-order valence-electron chi connectivity index (χ0n) is 20.9. The molecule has 0 heterocycles. The molecule has 0 bridgehead atoms. The summed E-state index contributed by atoms with van der Waals surface area (Å²) in [6.07, 6.45) is 2.03. The Kier molecular flexibility index (Phi) is 10.1. The van der Waals surface area contributed by atoms with Crippen molar-refractivity contribution in [3.8, 4) is 11.5 Å². The molecule has 36 heavy (non-hydrogen) atoms. The molecule has 0 radical (unpaired) electrons. The van der Waals surface area contributed by atoms with Crippen molar-refractivity contribution in [2.24, 2.45) is 11.0 Å². The van der Waals surface area contributed by atoms with Gasteiger partial charge in [-0.05, 0) is 66.3 Å². The smallest absolute Gasteiger partial charge is 0.262 e. The first-order valence-electron chi connectivity index (χ1n) is 12.0. The van der Waals surface area contributed by atoms with E-state index in [9.17, 15) is 9.59 Å². The number of hydrogen-bond donors (Lipinski definition) is 2. The molecule has 0 aliphatic carbocycles. The van der Waals surface area contributed by atoms with Gasteiger partial charge in [0.2, 0.25) is 0 Å². The van der Waals surface area contributed by atoms with Gasteiger partial charge in [0.1, 0.15) is 24.1 Å². The van der Waals surface area contributed by atoms with E-state index >= 15 is 0 Å². The Hall–Kier alpha value is -4.13. The zero-order valence-corrected chi connectivity index (χ0v) is 20.9. The normalized spacial score (nSPS) is 11.8. The van der Waals surface area contributed by atoms with Gasteiger partial charge in [0.05, 0.1) is 6.21 Å². The van der Waals surface area contributed by atoms with Gasteiger partial charge in [-0.1, -0.05) is 62.4 Å². The van der Waals surface area contributed by atoms with Gasteiger partial charge in [0.25, 0.3) is 11.8 Å². The number of para-hydroxylation sites is 1. The van der Waals surface area contributed by atoms with E-state index in [0.717, 1.165) is 22.4 Å². The molecule has 0 spiro atoms. The Bertz CT molecular complexity index is 1140. The molecule has 2 amide bonds. The van der Waals surface area contributed by atoms with E-state index in [-0.39, 0.29) is 24.3 Å². The summed E-state index contributed by atoms with van der Waals surface area (Å²) >= 11 is 0. The number of nitrogens with zero attached hydrogens (tertiary/aromatic N) is 1. The number of carbonyl (C=O) groups is 2. The van der Waals surface area contributed by atoms with Gasteiger partial charge < -0.3 is 14.8 Å². The Morgan fingerprint density at radius 1 is 0.917 bits per heavy atom. The molecule has 2 N–H and O–H groups in total. The van der Waals surface area contributed by atoms with Crippen molar-refractivity contribution in [3.63, 3.8) is 0 Å². The molecule has 3 aromatic rings. The van der Waals surface area contributed by atoms with E-state index in [1.807, 2.05) is 93.6 Å². The summed E-state index contributed by atoms with van der Waals surface area (Å²) in [6.45, 7) is 6.20. The standard InChI is InChI=1S/C29H33N3O4/c1-21(2)17-26(31-28(33)20-36-27-12-8-7-9-22(27)3)29(34)32-30-18-23-13-15-25(16-14-23)35-19-24-10-5-4-6-11-24/h4-16,18,21,26H,17,19-20H2,1-3H3,(H,31,33)(H,32,34)/b30-18-/t26-/m1/s1. The molecule has 0 aliphatic heterocycles. The molecule has 7 heteroatoms. The fourth-order valence-electron chi connectivity index (χ4n) is 3.44. The highest BCUT2D eigenvalue weighted by Crippen LogP contribution is 2.16. The van der Waals surface area contributed by atoms with Crippen LogP contribution in [0.25, 0.3) is 0 Å². The average molecular weight is 488 g/mol. The number of aryl methyl sites for hydroxylation is 1. The van der Waals surface area contributed by atoms with Crippen LogP contribution in [0.3, 0.4) is 0 Å². The van der Waals surface area contributed by atoms with Crippen molar-refractivity contribution in [1.82, 2.24) is 10.7 Å². The van der Waals surface area contributed by atoms with Crippen LogP contribution in [0.4, 0.5) is 0 Å². The van der Waals surface area contributed by atoms with Crippen molar-refractivity contribution in [2.75, 3.05) is 6.61 Å². The van der Waals surface area contributed by atoms with Crippen molar-refractivity contribution in [1.29, 1.82) is 0 Å². The number of carbonyl (C=O) groups excluding carboxylic acids is 2. The molecule has 0 aromatic heterocycles. The maximum absolute atomic E-state index is 12.7. The lowest BCUT2D eigenvalue weighted by Gasteiger charge is -2.19. The minimum atomic E-state index is -0.719. The lowest BCUT2D eigenvalue weighted by atomic mass is 10.0. The second-order valence-corrected chi connectivity index (χ2v) is 8.88. The summed E-state index contributed by atoms with van der Waals surface area (Å²) in [7, 11) is 0. The van der Waals surface area contributed by atoms with Gasteiger partial charge in [-0.25, -0.2) is 5.43 Å². The van der Waals surface area contributed by atoms with Gasteiger partial charge in [0, 0.05) is 0 Å². The highest BCUT2D eigenvalue weighted by Gasteiger charge is 2.22. The number of ether oxygens (including phenoxy) is 2. The van der Waals surface area contributed by atoms with Gasteiger partial charge >= 0.3 is 0 Å². The largest absolute Gasteiger partial charge is 0.489 e. The summed E-state index contributed by atoms with van der Waals surface area (Å²) < 4.78 is 11.4. The molecule has 0 unspecified atom stereocenters. The summed E-state index contributed by atoms with van der Waals surface area (Å²) in [5.41, 5.74) is 5.36. The maximum Gasteiger partial charge on any atom is 0.262 e. The average Bonchev–Trinajstić information content (AvgIpc) is 2.87. The lowest BCUT2D eigenvalue weighted by Crippen LogP contribution is -2.47. The lowest BCUT2D eigenvalue weighted by molar-refractivity contribution is -0.130. The van der Waals surface area contributed by atoms with Crippen molar-refractivity contribution in [3.05, 3.63) is 95.6 Å². The van der Waals surface area contributed by atoms with Crippen LogP contribution >= 0.6 is 0 Å². The topological polar surface area (TPSA) is 89.0 Å². The minimum Gasteiger partial charge on any atom is -0.489 e. The van der Waals surface area contributed by atoms with Crippen LogP contribution in [0.2, 0.25) is 0 Å². The van der Waals surface area contributed by atoms with Crippen LogP contribution in [0.5, 0.6) is 11.5 Å². The highest BCUT2D eigenvalue weighted by atomic mass is 16.5. The second-order valence-electron chi connectivity index (χ2n) is 8.88. The van der Waals surface area contributed by atoms with Crippen LogP contribution in [0.15, 0.2) is 84.0 Å². The number of nitrogens with one attached hydrogen (secondary N) is 2. The fourth-order valence-corrected chi connectivity index (χ4v) is 3.44. The summed E-state index contributed by atoms with van der Waals surface area (Å²) in [6, 6.07) is 24.1. The third-order valence-corrected chi connectivity index (χ3v) is 5.33. The van der Waals surface area contributed by atoms with Crippen LogP contribution in [-0.4, -0.2) is 30.7 Å². The molecule has 0 aliphatic rings. The second kappa shape index (κ2) is 13.7. The minimum absolute atomic E-state index is 0.172. The van der Waals surface area contributed by atoms with E-state index in [1.165, 1.54) is 0 Å². The number of hydrogen-bond acceptors (Lipinski definition) is 5. The first-order chi connectivity index (χ1) is 17.4. The predicted molar refractivity (Wildman–Crippen MR) is 141 cm³/mol. The SMILES string of the molecule is Cc1ccccc1OCC(=O)N[C@H](CC(C)C)C(=O)N/N=C\c1ccc(OCc2ccccc2)cc1. The van der Waals surface area contributed by atoms with Gasteiger partial charge in [-0.2, -0.15) is 5.10 Å². The number of benzene rings is 3. The van der Waals surface area contributed by atoms with Crippen molar-refractivity contribution < 1.29 is 19.1 Å². The first kappa shape index (κ1) is 26.5. The molecule has 3 aromatic carbocycles. The number of hydrazone groups is 1. The first-order valence-corrected chi connectivity index (χ1v) is 12.0. The maximum atomic E-state index is 12.7. The molecule has 0 saturated carbocycles. The monoisotopic (exact) mass is 487 g/mol. The molecule has 1 atom stereocenters. The third-order valence-electron chi connectivity index (χ3n) is 5.33. The summed E-state index contributed by atoms with van der Waals surface area (Å²) in [5, 5.41) is 6.81. The van der Waals surface area contributed by atoms with Crippen LogP contribution in [0, 0.1) is 12.8 Å².